The largest absolute Gasteiger partial charge is 0.339 e. The van der Waals surface area contributed by atoms with Crippen molar-refractivity contribution < 1.29 is 4.79 Å². The number of piperidine rings is 1. The lowest BCUT2D eigenvalue weighted by molar-refractivity contribution is -0.137. The molecule has 3 unspecified atom stereocenters. The van der Waals surface area contributed by atoms with Crippen molar-refractivity contribution in [1.82, 2.24) is 10.2 Å². The zero-order chi connectivity index (χ0) is 12.1. The fourth-order valence-corrected chi connectivity index (χ4v) is 2.46. The van der Waals surface area contributed by atoms with Crippen LogP contribution in [-0.4, -0.2) is 36.0 Å². The fourth-order valence-electron chi connectivity index (χ4n) is 2.46. The third-order valence-electron chi connectivity index (χ3n) is 3.78. The molecule has 1 aliphatic heterocycles. The van der Waals surface area contributed by atoms with E-state index in [1.807, 2.05) is 4.90 Å². The van der Waals surface area contributed by atoms with Crippen LogP contribution in [0.4, 0.5) is 0 Å². The first-order chi connectivity index (χ1) is 7.61. The van der Waals surface area contributed by atoms with E-state index in [4.69, 9.17) is 0 Å². The average Bonchev–Trinajstić information content (AvgIpc) is 2.30. The van der Waals surface area contributed by atoms with Crippen molar-refractivity contribution in [3.63, 3.8) is 0 Å². The van der Waals surface area contributed by atoms with Crippen molar-refractivity contribution >= 4 is 5.91 Å². The highest BCUT2D eigenvalue weighted by Crippen LogP contribution is 2.18. The molecule has 0 radical (unpaired) electrons. The highest BCUT2D eigenvalue weighted by atomic mass is 16.2. The Bertz CT molecular complexity index is 222. The first-order valence-corrected chi connectivity index (χ1v) is 6.65. The Hall–Kier alpha value is -0.570. The Balaban J connectivity index is 2.66. The number of hydrogen-bond acceptors (Lipinski definition) is 2. The van der Waals surface area contributed by atoms with Crippen LogP contribution in [0.15, 0.2) is 0 Å². The van der Waals surface area contributed by atoms with E-state index < -0.39 is 0 Å². The molecule has 0 aromatic carbocycles. The summed E-state index contributed by atoms with van der Waals surface area (Å²) >= 11 is 0. The van der Waals surface area contributed by atoms with E-state index in [2.05, 4.69) is 33.0 Å². The highest BCUT2D eigenvalue weighted by Gasteiger charge is 2.31. The molecule has 0 spiro atoms. The van der Waals surface area contributed by atoms with Crippen molar-refractivity contribution in [2.24, 2.45) is 5.92 Å². The van der Waals surface area contributed by atoms with Crippen LogP contribution in [-0.2, 0) is 4.79 Å². The van der Waals surface area contributed by atoms with Gasteiger partial charge in [-0.2, -0.15) is 0 Å². The maximum absolute atomic E-state index is 12.4. The SMILES string of the molecule is CCC(C)N(CC)C(=O)C1NCCCC1C. The van der Waals surface area contributed by atoms with Crippen molar-refractivity contribution in [3.05, 3.63) is 0 Å². The number of carbonyl (C=O) groups excluding carboxylic acids is 1. The highest BCUT2D eigenvalue weighted by molar-refractivity contribution is 5.82. The van der Waals surface area contributed by atoms with E-state index in [-0.39, 0.29) is 6.04 Å². The zero-order valence-electron chi connectivity index (χ0n) is 11.1. The summed E-state index contributed by atoms with van der Waals surface area (Å²) in [5, 5.41) is 3.37. The second kappa shape index (κ2) is 6.24. The van der Waals surface area contributed by atoms with E-state index in [1.54, 1.807) is 0 Å². The molecule has 3 atom stereocenters. The Labute approximate surface area is 99.6 Å². The van der Waals surface area contributed by atoms with Gasteiger partial charge in [-0.1, -0.05) is 13.8 Å². The van der Waals surface area contributed by atoms with Crippen LogP contribution in [0.5, 0.6) is 0 Å². The number of likely N-dealkylation sites (N-methyl/N-ethyl adjacent to an activating group) is 1. The van der Waals surface area contributed by atoms with Crippen molar-refractivity contribution in [3.8, 4) is 0 Å². The minimum Gasteiger partial charge on any atom is -0.339 e. The predicted octanol–water partition coefficient (Wildman–Crippen LogP) is 2.02. The summed E-state index contributed by atoms with van der Waals surface area (Å²) in [4.78, 5) is 14.4. The van der Waals surface area contributed by atoms with Gasteiger partial charge in [0.05, 0.1) is 6.04 Å². The smallest absolute Gasteiger partial charge is 0.240 e. The summed E-state index contributed by atoms with van der Waals surface area (Å²) < 4.78 is 0. The molecule has 1 rings (SSSR count). The van der Waals surface area contributed by atoms with Gasteiger partial charge < -0.3 is 10.2 Å². The van der Waals surface area contributed by atoms with Gasteiger partial charge in [-0.15, -0.1) is 0 Å². The lowest BCUT2D eigenvalue weighted by Gasteiger charge is -2.36. The first-order valence-electron chi connectivity index (χ1n) is 6.65. The van der Waals surface area contributed by atoms with Crippen LogP contribution in [0, 0.1) is 5.92 Å². The summed E-state index contributed by atoms with van der Waals surface area (Å²) in [6.07, 6.45) is 3.39. The molecule has 1 heterocycles. The zero-order valence-corrected chi connectivity index (χ0v) is 11.1. The van der Waals surface area contributed by atoms with E-state index >= 15 is 0 Å². The number of nitrogens with one attached hydrogen (secondary N) is 1. The van der Waals surface area contributed by atoms with Crippen LogP contribution >= 0.6 is 0 Å². The van der Waals surface area contributed by atoms with Crippen LogP contribution in [0.1, 0.15) is 47.0 Å². The van der Waals surface area contributed by atoms with Crippen molar-refractivity contribution in [2.75, 3.05) is 13.1 Å². The number of rotatable bonds is 4. The molecular formula is C13H26N2O. The Kier molecular flexibility index (Phi) is 5.26. The third-order valence-corrected chi connectivity index (χ3v) is 3.78. The lowest BCUT2D eigenvalue weighted by Crippen LogP contribution is -2.54. The monoisotopic (exact) mass is 226 g/mol. The second-order valence-corrected chi connectivity index (χ2v) is 4.93. The fraction of sp³-hybridized carbons (Fsp3) is 0.923. The topological polar surface area (TPSA) is 32.3 Å². The van der Waals surface area contributed by atoms with Gasteiger partial charge in [0.2, 0.25) is 5.91 Å². The van der Waals surface area contributed by atoms with Crippen LogP contribution in [0.25, 0.3) is 0 Å². The van der Waals surface area contributed by atoms with E-state index in [9.17, 15) is 4.79 Å². The van der Waals surface area contributed by atoms with Gasteiger partial charge in [0.25, 0.3) is 0 Å². The van der Waals surface area contributed by atoms with Gasteiger partial charge in [0.15, 0.2) is 0 Å². The van der Waals surface area contributed by atoms with Gasteiger partial charge in [0, 0.05) is 12.6 Å². The Morgan fingerprint density at radius 3 is 2.69 bits per heavy atom. The summed E-state index contributed by atoms with van der Waals surface area (Å²) in [5.74, 6) is 0.767. The number of amides is 1. The molecule has 1 fully saturated rings. The van der Waals surface area contributed by atoms with E-state index in [1.165, 1.54) is 12.8 Å². The van der Waals surface area contributed by atoms with Gasteiger partial charge in [-0.3, -0.25) is 4.79 Å². The van der Waals surface area contributed by atoms with Crippen LogP contribution < -0.4 is 5.32 Å². The minimum atomic E-state index is 0.0442. The Morgan fingerprint density at radius 2 is 2.19 bits per heavy atom. The lowest BCUT2D eigenvalue weighted by atomic mass is 9.91. The second-order valence-electron chi connectivity index (χ2n) is 4.93. The first kappa shape index (κ1) is 13.5. The van der Waals surface area contributed by atoms with Crippen molar-refractivity contribution in [1.29, 1.82) is 0 Å². The van der Waals surface area contributed by atoms with Gasteiger partial charge >= 0.3 is 0 Å². The number of hydrogen-bond donors (Lipinski definition) is 1. The molecule has 1 saturated heterocycles. The quantitative estimate of drug-likeness (QED) is 0.795. The summed E-state index contributed by atoms with van der Waals surface area (Å²) in [6.45, 7) is 10.3. The average molecular weight is 226 g/mol. The maximum atomic E-state index is 12.4. The molecular weight excluding hydrogens is 200 g/mol. The summed E-state index contributed by atoms with van der Waals surface area (Å²) in [6, 6.07) is 0.399. The predicted molar refractivity (Wildman–Crippen MR) is 67.3 cm³/mol. The molecule has 1 aliphatic rings. The minimum absolute atomic E-state index is 0.0442. The van der Waals surface area contributed by atoms with Crippen LogP contribution in [0.2, 0.25) is 0 Å². The molecule has 0 saturated carbocycles. The number of nitrogens with zero attached hydrogens (tertiary/aromatic N) is 1. The molecule has 0 aromatic rings. The maximum Gasteiger partial charge on any atom is 0.240 e. The van der Waals surface area contributed by atoms with Gasteiger partial charge in [0.1, 0.15) is 0 Å². The molecule has 3 heteroatoms. The van der Waals surface area contributed by atoms with Crippen molar-refractivity contribution in [2.45, 2.75) is 59.0 Å². The molecule has 0 bridgehead atoms. The molecule has 3 nitrogen and oxygen atoms in total. The van der Waals surface area contributed by atoms with Crippen LogP contribution in [0.3, 0.4) is 0 Å². The molecule has 16 heavy (non-hydrogen) atoms. The molecule has 1 amide bonds. The van der Waals surface area contributed by atoms with E-state index in [0.717, 1.165) is 19.5 Å². The standard InChI is InChI=1S/C13H26N2O/c1-5-11(4)15(6-2)13(16)12-10(3)8-7-9-14-12/h10-12,14H,5-9H2,1-4H3. The summed E-state index contributed by atoms with van der Waals surface area (Å²) in [7, 11) is 0. The Morgan fingerprint density at radius 1 is 1.50 bits per heavy atom. The number of carbonyl (C=O) groups is 1. The summed E-state index contributed by atoms with van der Waals surface area (Å²) in [5.41, 5.74) is 0. The van der Waals surface area contributed by atoms with E-state index in [0.29, 0.717) is 17.9 Å². The van der Waals surface area contributed by atoms with Gasteiger partial charge in [-0.25, -0.2) is 0 Å². The molecule has 94 valence electrons. The molecule has 0 aromatic heterocycles. The molecule has 0 aliphatic carbocycles. The van der Waals surface area contributed by atoms with Gasteiger partial charge in [-0.05, 0) is 45.6 Å². The third kappa shape index (κ3) is 2.97. The molecule has 1 N–H and O–H groups in total. The normalized spacial score (nSPS) is 27.5.